The van der Waals surface area contributed by atoms with Crippen molar-refractivity contribution < 1.29 is 13.2 Å². The molecule has 0 saturated carbocycles. The van der Waals surface area contributed by atoms with Crippen LogP contribution in [0, 0.1) is 0 Å². The van der Waals surface area contributed by atoms with Crippen molar-refractivity contribution >= 4 is 39.0 Å². The van der Waals surface area contributed by atoms with Crippen LogP contribution in [0.25, 0.3) is 0 Å². The van der Waals surface area contributed by atoms with E-state index in [0.717, 1.165) is 0 Å². The highest BCUT2D eigenvalue weighted by Crippen LogP contribution is 2.17. The third-order valence-electron chi connectivity index (χ3n) is 3.42. The number of pyridine rings is 1. The van der Waals surface area contributed by atoms with E-state index in [1.165, 1.54) is 42.6 Å². The average molecular weight is 388 g/mol. The van der Waals surface area contributed by atoms with E-state index in [4.69, 9.17) is 11.6 Å². The van der Waals surface area contributed by atoms with E-state index >= 15 is 0 Å². The van der Waals surface area contributed by atoms with Crippen molar-refractivity contribution in [1.82, 2.24) is 4.98 Å². The van der Waals surface area contributed by atoms with E-state index in [-0.39, 0.29) is 16.6 Å². The van der Waals surface area contributed by atoms with E-state index in [1.807, 2.05) is 18.2 Å². The monoisotopic (exact) mass is 387 g/mol. The fourth-order valence-corrected chi connectivity index (χ4v) is 3.26. The molecule has 0 aliphatic rings. The van der Waals surface area contributed by atoms with Gasteiger partial charge in [-0.2, -0.15) is 0 Å². The van der Waals surface area contributed by atoms with Gasteiger partial charge < -0.3 is 5.32 Å². The van der Waals surface area contributed by atoms with Gasteiger partial charge in [0.05, 0.1) is 9.92 Å². The smallest absolute Gasteiger partial charge is 0.263 e. The van der Waals surface area contributed by atoms with E-state index in [2.05, 4.69) is 15.0 Å². The lowest BCUT2D eigenvalue weighted by Crippen LogP contribution is -2.15. The van der Waals surface area contributed by atoms with Gasteiger partial charge in [-0.25, -0.2) is 13.4 Å². The van der Waals surface area contributed by atoms with Crippen LogP contribution >= 0.6 is 11.6 Å². The van der Waals surface area contributed by atoms with Crippen molar-refractivity contribution in [2.24, 2.45) is 0 Å². The third kappa shape index (κ3) is 4.38. The topological polar surface area (TPSA) is 88.2 Å². The Bertz CT molecular complexity index is 1010. The van der Waals surface area contributed by atoms with Crippen molar-refractivity contribution in [3.63, 3.8) is 0 Å². The molecule has 0 fully saturated rings. The Morgan fingerprint density at radius 2 is 1.62 bits per heavy atom. The zero-order chi connectivity index (χ0) is 18.6. The zero-order valence-electron chi connectivity index (χ0n) is 13.4. The molecule has 2 N–H and O–H groups in total. The maximum Gasteiger partial charge on any atom is 0.263 e. The van der Waals surface area contributed by atoms with Crippen molar-refractivity contribution in [2.75, 3.05) is 10.0 Å². The van der Waals surface area contributed by atoms with Gasteiger partial charge in [0.25, 0.3) is 15.9 Å². The first kappa shape index (κ1) is 17.9. The molecule has 0 unspecified atom stereocenters. The number of sulfonamides is 1. The maximum absolute atomic E-state index is 12.4. The Kier molecular flexibility index (Phi) is 5.20. The predicted octanol–water partition coefficient (Wildman–Crippen LogP) is 3.79. The molecule has 1 heterocycles. The zero-order valence-corrected chi connectivity index (χ0v) is 15.0. The second kappa shape index (κ2) is 7.55. The van der Waals surface area contributed by atoms with Gasteiger partial charge in [0, 0.05) is 17.4 Å². The minimum absolute atomic E-state index is 0.0190. The molecule has 132 valence electrons. The quantitative estimate of drug-likeness (QED) is 0.697. The average Bonchev–Trinajstić information content (AvgIpc) is 2.64. The third-order valence-corrected chi connectivity index (χ3v) is 5.02. The number of anilines is 2. The lowest BCUT2D eigenvalue weighted by Gasteiger charge is -2.09. The summed E-state index contributed by atoms with van der Waals surface area (Å²) in [5.41, 5.74) is 1.00. The van der Waals surface area contributed by atoms with Gasteiger partial charge >= 0.3 is 0 Å². The Labute approximate surface area is 155 Å². The fourth-order valence-electron chi connectivity index (χ4n) is 2.14. The number of benzene rings is 2. The largest absolute Gasteiger partial charge is 0.322 e. The first-order valence-electron chi connectivity index (χ1n) is 7.55. The molecular formula is C18H14ClN3O3S. The Hall–Kier alpha value is -2.90. The molecule has 0 bridgehead atoms. The molecule has 0 atom stereocenters. The van der Waals surface area contributed by atoms with E-state index < -0.39 is 10.0 Å². The number of aromatic nitrogens is 1. The van der Waals surface area contributed by atoms with Gasteiger partial charge in [-0.1, -0.05) is 29.8 Å². The summed E-state index contributed by atoms with van der Waals surface area (Å²) in [6.07, 6.45) is 1.34. The SMILES string of the molecule is O=C(Nc1ccccc1)c1ccc(S(=O)(=O)Nc2ccc(Cl)cn2)cc1. The Morgan fingerprint density at radius 1 is 0.923 bits per heavy atom. The summed E-state index contributed by atoms with van der Waals surface area (Å²) in [4.78, 5) is 16.1. The number of hydrogen-bond acceptors (Lipinski definition) is 4. The number of hydrogen-bond donors (Lipinski definition) is 2. The standard InChI is InChI=1S/C18H14ClN3O3S/c19-14-8-11-17(20-12-14)22-26(24,25)16-9-6-13(7-10-16)18(23)21-15-4-2-1-3-5-15/h1-12H,(H,20,22)(H,21,23). The molecule has 0 saturated heterocycles. The van der Waals surface area contributed by atoms with Crippen molar-refractivity contribution in [3.8, 4) is 0 Å². The van der Waals surface area contributed by atoms with Crippen LogP contribution in [0.5, 0.6) is 0 Å². The Morgan fingerprint density at radius 3 is 2.23 bits per heavy atom. The van der Waals surface area contributed by atoms with Gasteiger partial charge in [0.1, 0.15) is 5.82 Å². The highest BCUT2D eigenvalue weighted by Gasteiger charge is 2.16. The van der Waals surface area contributed by atoms with Crippen LogP contribution < -0.4 is 10.0 Å². The molecule has 1 aromatic heterocycles. The highest BCUT2D eigenvalue weighted by molar-refractivity contribution is 7.92. The number of carbonyl (C=O) groups excluding carboxylic acids is 1. The number of para-hydroxylation sites is 1. The van der Waals surface area contributed by atoms with Gasteiger partial charge in [0.2, 0.25) is 0 Å². The summed E-state index contributed by atoms with van der Waals surface area (Å²) in [7, 11) is -3.81. The Balaban J connectivity index is 1.73. The van der Waals surface area contributed by atoms with Crippen LogP contribution in [0.2, 0.25) is 5.02 Å². The molecule has 0 aliphatic carbocycles. The second-order valence-corrected chi connectivity index (χ2v) is 7.43. The minimum atomic E-state index is -3.81. The van der Waals surface area contributed by atoms with Crippen molar-refractivity contribution in [2.45, 2.75) is 4.90 Å². The maximum atomic E-state index is 12.4. The van der Waals surface area contributed by atoms with Gasteiger partial charge in [-0.15, -0.1) is 0 Å². The normalized spacial score (nSPS) is 11.0. The van der Waals surface area contributed by atoms with E-state index in [1.54, 1.807) is 12.1 Å². The minimum Gasteiger partial charge on any atom is -0.322 e. The molecule has 26 heavy (non-hydrogen) atoms. The van der Waals surface area contributed by atoms with Crippen LogP contribution in [-0.4, -0.2) is 19.3 Å². The molecule has 0 aliphatic heterocycles. The molecule has 8 heteroatoms. The number of nitrogens with one attached hydrogen (secondary N) is 2. The lowest BCUT2D eigenvalue weighted by atomic mass is 10.2. The highest BCUT2D eigenvalue weighted by atomic mass is 35.5. The first-order chi connectivity index (χ1) is 12.4. The van der Waals surface area contributed by atoms with Crippen LogP contribution in [0.1, 0.15) is 10.4 Å². The van der Waals surface area contributed by atoms with Gasteiger partial charge in [0.15, 0.2) is 0 Å². The van der Waals surface area contributed by atoms with Crippen molar-refractivity contribution in [3.05, 3.63) is 83.5 Å². The van der Waals surface area contributed by atoms with Crippen molar-refractivity contribution in [1.29, 1.82) is 0 Å². The van der Waals surface area contributed by atoms with Crippen LogP contribution in [0.3, 0.4) is 0 Å². The van der Waals surface area contributed by atoms with Gasteiger partial charge in [-0.3, -0.25) is 9.52 Å². The molecule has 0 spiro atoms. The molecular weight excluding hydrogens is 374 g/mol. The van der Waals surface area contributed by atoms with Crippen LogP contribution in [-0.2, 0) is 10.0 Å². The lowest BCUT2D eigenvalue weighted by molar-refractivity contribution is 0.102. The summed E-state index contributed by atoms with van der Waals surface area (Å²) >= 11 is 5.73. The van der Waals surface area contributed by atoms with Crippen LogP contribution in [0.4, 0.5) is 11.5 Å². The summed E-state index contributed by atoms with van der Waals surface area (Å²) in [5.74, 6) is -0.173. The number of amides is 1. The second-order valence-electron chi connectivity index (χ2n) is 5.31. The number of halogens is 1. The number of nitrogens with zero attached hydrogens (tertiary/aromatic N) is 1. The molecule has 6 nitrogen and oxygen atoms in total. The molecule has 1 amide bonds. The van der Waals surface area contributed by atoms with Crippen LogP contribution in [0.15, 0.2) is 77.8 Å². The molecule has 2 aromatic carbocycles. The first-order valence-corrected chi connectivity index (χ1v) is 9.41. The molecule has 3 rings (SSSR count). The fraction of sp³-hybridized carbons (Fsp3) is 0. The number of carbonyl (C=O) groups is 1. The molecule has 3 aromatic rings. The summed E-state index contributed by atoms with van der Waals surface area (Å²) in [6.45, 7) is 0. The van der Waals surface area contributed by atoms with E-state index in [9.17, 15) is 13.2 Å². The molecule has 0 radical (unpaired) electrons. The summed E-state index contributed by atoms with van der Waals surface area (Å²) < 4.78 is 27.1. The van der Waals surface area contributed by atoms with E-state index in [0.29, 0.717) is 16.3 Å². The summed E-state index contributed by atoms with van der Waals surface area (Å²) in [5, 5.41) is 3.14. The summed E-state index contributed by atoms with van der Waals surface area (Å²) in [6, 6.07) is 17.6. The predicted molar refractivity (Wildman–Crippen MR) is 101 cm³/mol. The number of rotatable bonds is 5. The van der Waals surface area contributed by atoms with Gasteiger partial charge in [-0.05, 0) is 48.5 Å².